The number of hydrogen-bond donors (Lipinski definition) is 1. The molecule has 2 aliphatic heterocycles. The standard InChI is InChI=1S/C19H25ClN4O4/c1-19(2,3)28-18(27)24(11-13-4-5-16(25)22-13)7-6-23-10-12-8-15(20)21-9-14(12)17(23)26/h8-9,13H,4-7,10-11H2,1-3H3,(H,22,25)/t13-/m0/s1. The summed E-state index contributed by atoms with van der Waals surface area (Å²) >= 11 is 5.91. The third kappa shape index (κ3) is 4.92. The van der Waals surface area contributed by atoms with E-state index in [-0.39, 0.29) is 17.9 Å². The number of nitrogens with one attached hydrogen (secondary N) is 1. The van der Waals surface area contributed by atoms with Crippen LogP contribution in [0.5, 0.6) is 0 Å². The molecule has 1 aromatic heterocycles. The van der Waals surface area contributed by atoms with Crippen molar-refractivity contribution < 1.29 is 19.1 Å². The number of nitrogens with zero attached hydrogens (tertiary/aromatic N) is 3. The summed E-state index contributed by atoms with van der Waals surface area (Å²) in [6, 6.07) is 1.59. The molecule has 3 heterocycles. The number of carbonyl (C=O) groups is 3. The number of fused-ring (bicyclic) bond motifs is 1. The van der Waals surface area contributed by atoms with E-state index in [1.807, 2.05) is 0 Å². The zero-order chi connectivity index (χ0) is 20.5. The number of carbonyl (C=O) groups excluding carboxylic acids is 3. The lowest BCUT2D eigenvalue weighted by Crippen LogP contribution is -2.47. The fourth-order valence-corrected chi connectivity index (χ4v) is 3.51. The fourth-order valence-electron chi connectivity index (χ4n) is 3.32. The minimum atomic E-state index is -0.629. The van der Waals surface area contributed by atoms with Gasteiger partial charge in [-0.15, -0.1) is 0 Å². The van der Waals surface area contributed by atoms with Crippen LogP contribution in [-0.2, 0) is 16.1 Å². The highest BCUT2D eigenvalue weighted by atomic mass is 35.5. The van der Waals surface area contributed by atoms with E-state index in [0.29, 0.717) is 49.7 Å². The van der Waals surface area contributed by atoms with E-state index in [1.165, 1.54) is 6.20 Å². The van der Waals surface area contributed by atoms with E-state index in [4.69, 9.17) is 16.3 Å². The fraction of sp³-hybridized carbons (Fsp3) is 0.579. The Morgan fingerprint density at radius 2 is 2.18 bits per heavy atom. The molecule has 1 atom stereocenters. The van der Waals surface area contributed by atoms with Gasteiger partial charge in [0.1, 0.15) is 10.8 Å². The van der Waals surface area contributed by atoms with Crippen LogP contribution in [-0.4, -0.2) is 64.0 Å². The number of pyridine rings is 1. The molecule has 8 nitrogen and oxygen atoms in total. The molecule has 0 spiro atoms. The largest absolute Gasteiger partial charge is 0.444 e. The maximum atomic E-state index is 12.6. The first-order valence-corrected chi connectivity index (χ1v) is 9.71. The molecule has 0 radical (unpaired) electrons. The summed E-state index contributed by atoms with van der Waals surface area (Å²) in [5.41, 5.74) is 0.740. The summed E-state index contributed by atoms with van der Waals surface area (Å²) in [5, 5.41) is 3.22. The van der Waals surface area contributed by atoms with Gasteiger partial charge < -0.3 is 19.9 Å². The minimum absolute atomic E-state index is 0.0105. The summed E-state index contributed by atoms with van der Waals surface area (Å²) in [6.45, 7) is 6.85. The van der Waals surface area contributed by atoms with Crippen molar-refractivity contribution in [1.29, 1.82) is 0 Å². The Kier molecular flexibility index (Phi) is 5.79. The summed E-state index contributed by atoms with van der Waals surface area (Å²) in [6.07, 6.45) is 2.17. The Hall–Kier alpha value is -2.35. The van der Waals surface area contributed by atoms with Gasteiger partial charge in [0.05, 0.1) is 5.56 Å². The molecule has 1 fully saturated rings. The zero-order valence-electron chi connectivity index (χ0n) is 16.3. The Morgan fingerprint density at radius 1 is 1.43 bits per heavy atom. The predicted octanol–water partition coefficient (Wildman–Crippen LogP) is 2.21. The molecule has 1 saturated heterocycles. The molecular formula is C19H25ClN4O4. The smallest absolute Gasteiger partial charge is 0.410 e. The van der Waals surface area contributed by atoms with Crippen LogP contribution < -0.4 is 5.32 Å². The monoisotopic (exact) mass is 408 g/mol. The van der Waals surface area contributed by atoms with Crippen molar-refractivity contribution in [1.82, 2.24) is 20.1 Å². The second-order valence-electron chi connectivity index (χ2n) is 8.12. The molecule has 28 heavy (non-hydrogen) atoms. The summed E-state index contributed by atoms with van der Waals surface area (Å²) in [7, 11) is 0. The molecule has 3 rings (SSSR count). The van der Waals surface area contributed by atoms with Gasteiger partial charge >= 0.3 is 6.09 Å². The van der Waals surface area contributed by atoms with Crippen molar-refractivity contribution in [3.63, 3.8) is 0 Å². The van der Waals surface area contributed by atoms with Crippen molar-refractivity contribution in [3.05, 3.63) is 28.5 Å². The molecule has 1 aromatic rings. The SMILES string of the molecule is CC(C)(C)OC(=O)N(CCN1Cc2cc(Cl)ncc2C1=O)C[C@@H]1CCC(=O)N1. The molecule has 3 amide bonds. The first-order valence-electron chi connectivity index (χ1n) is 9.33. The van der Waals surface area contributed by atoms with Gasteiger partial charge in [-0.05, 0) is 38.8 Å². The van der Waals surface area contributed by atoms with Gasteiger partial charge in [0, 0.05) is 44.8 Å². The van der Waals surface area contributed by atoms with Gasteiger partial charge in [-0.25, -0.2) is 9.78 Å². The van der Waals surface area contributed by atoms with Crippen molar-refractivity contribution in [2.45, 2.75) is 51.8 Å². The second kappa shape index (κ2) is 7.95. The molecule has 0 aliphatic carbocycles. The molecule has 2 aliphatic rings. The number of ether oxygens (including phenoxy) is 1. The summed E-state index contributed by atoms with van der Waals surface area (Å²) in [5.74, 6) is -0.138. The highest BCUT2D eigenvalue weighted by Crippen LogP contribution is 2.24. The Balaban J connectivity index is 1.65. The Labute approximate surface area is 169 Å². The number of hydrogen-bond acceptors (Lipinski definition) is 5. The van der Waals surface area contributed by atoms with Gasteiger partial charge in [0.25, 0.3) is 5.91 Å². The number of rotatable bonds is 5. The van der Waals surface area contributed by atoms with Crippen LogP contribution in [0.3, 0.4) is 0 Å². The normalized spacial score (nSPS) is 18.9. The molecule has 0 bridgehead atoms. The van der Waals surface area contributed by atoms with Crippen molar-refractivity contribution >= 4 is 29.5 Å². The molecule has 1 N–H and O–H groups in total. The zero-order valence-corrected chi connectivity index (χ0v) is 17.1. The predicted molar refractivity (Wildman–Crippen MR) is 103 cm³/mol. The molecule has 152 valence electrons. The van der Waals surface area contributed by atoms with Crippen LogP contribution in [0, 0.1) is 0 Å². The maximum Gasteiger partial charge on any atom is 0.410 e. The third-order valence-corrected chi connectivity index (χ3v) is 4.86. The quantitative estimate of drug-likeness (QED) is 0.754. The van der Waals surface area contributed by atoms with Gasteiger partial charge in [-0.3, -0.25) is 9.59 Å². The third-order valence-electron chi connectivity index (χ3n) is 4.65. The average molecular weight is 409 g/mol. The lowest BCUT2D eigenvalue weighted by Gasteiger charge is -2.30. The van der Waals surface area contributed by atoms with Gasteiger partial charge in [-0.2, -0.15) is 0 Å². The van der Waals surface area contributed by atoms with Gasteiger partial charge in [0.15, 0.2) is 0 Å². The van der Waals surface area contributed by atoms with E-state index >= 15 is 0 Å². The highest BCUT2D eigenvalue weighted by Gasteiger charge is 2.31. The van der Waals surface area contributed by atoms with Crippen molar-refractivity contribution in [3.8, 4) is 0 Å². The van der Waals surface area contributed by atoms with Crippen LogP contribution in [0.2, 0.25) is 5.15 Å². The first-order chi connectivity index (χ1) is 13.1. The Bertz CT molecular complexity index is 793. The topological polar surface area (TPSA) is 91.8 Å². The van der Waals surface area contributed by atoms with Crippen molar-refractivity contribution in [2.75, 3.05) is 19.6 Å². The lowest BCUT2D eigenvalue weighted by atomic mass is 10.2. The van der Waals surface area contributed by atoms with E-state index in [1.54, 1.807) is 36.6 Å². The van der Waals surface area contributed by atoms with Crippen LogP contribution in [0.15, 0.2) is 12.3 Å². The van der Waals surface area contributed by atoms with E-state index in [2.05, 4.69) is 10.3 Å². The lowest BCUT2D eigenvalue weighted by molar-refractivity contribution is -0.119. The molecule has 0 unspecified atom stereocenters. The second-order valence-corrected chi connectivity index (χ2v) is 8.51. The minimum Gasteiger partial charge on any atom is -0.444 e. The molecule has 0 aromatic carbocycles. The molecule has 0 saturated carbocycles. The van der Waals surface area contributed by atoms with Crippen LogP contribution >= 0.6 is 11.6 Å². The van der Waals surface area contributed by atoms with Crippen LogP contribution in [0.1, 0.15) is 49.5 Å². The number of halogens is 1. The summed E-state index contributed by atoms with van der Waals surface area (Å²) < 4.78 is 5.50. The molecule has 9 heteroatoms. The summed E-state index contributed by atoms with van der Waals surface area (Å²) in [4.78, 5) is 43.9. The van der Waals surface area contributed by atoms with E-state index in [9.17, 15) is 14.4 Å². The Morgan fingerprint density at radius 3 is 2.82 bits per heavy atom. The van der Waals surface area contributed by atoms with Gasteiger partial charge in [-0.1, -0.05) is 11.6 Å². The molecular weight excluding hydrogens is 384 g/mol. The van der Waals surface area contributed by atoms with Crippen LogP contribution in [0.25, 0.3) is 0 Å². The van der Waals surface area contributed by atoms with Crippen molar-refractivity contribution in [2.24, 2.45) is 0 Å². The van der Waals surface area contributed by atoms with E-state index < -0.39 is 11.7 Å². The van der Waals surface area contributed by atoms with E-state index in [0.717, 1.165) is 5.56 Å². The number of amides is 3. The number of aromatic nitrogens is 1. The van der Waals surface area contributed by atoms with Gasteiger partial charge in [0.2, 0.25) is 5.91 Å². The van der Waals surface area contributed by atoms with Crippen LogP contribution in [0.4, 0.5) is 4.79 Å². The first kappa shape index (κ1) is 20.4. The highest BCUT2D eigenvalue weighted by molar-refractivity contribution is 6.29. The maximum absolute atomic E-state index is 12.6. The average Bonchev–Trinajstić information content (AvgIpc) is 3.13.